The van der Waals surface area contributed by atoms with Gasteiger partial charge in [-0.15, -0.1) is 0 Å². The average molecular weight is 468 g/mol. The van der Waals surface area contributed by atoms with E-state index in [0.717, 1.165) is 37.5 Å². The molecular formula is C24H20F4N6. The topological polar surface area (TPSA) is 58.9 Å². The first-order valence-corrected chi connectivity index (χ1v) is 11.0. The molecule has 1 N–H and O–H groups in total. The van der Waals surface area contributed by atoms with Crippen molar-refractivity contribution in [2.24, 2.45) is 0 Å². The van der Waals surface area contributed by atoms with Gasteiger partial charge in [-0.2, -0.15) is 5.10 Å². The Hall–Kier alpha value is -3.53. The zero-order valence-electron chi connectivity index (χ0n) is 17.9. The number of nitrogens with one attached hydrogen (secondary N) is 1. The predicted octanol–water partition coefficient (Wildman–Crippen LogP) is 4.34. The molecular weight excluding hydrogens is 448 g/mol. The van der Waals surface area contributed by atoms with Crippen LogP contribution >= 0.6 is 0 Å². The summed E-state index contributed by atoms with van der Waals surface area (Å²) in [5.41, 5.74) is 1.62. The maximum Gasteiger partial charge on any atom is 0.151 e. The summed E-state index contributed by atoms with van der Waals surface area (Å²) in [6.07, 6.45) is 3.25. The van der Waals surface area contributed by atoms with Gasteiger partial charge in [0.25, 0.3) is 0 Å². The Balaban J connectivity index is 1.45. The summed E-state index contributed by atoms with van der Waals surface area (Å²) in [6.45, 7) is 1.55. The quantitative estimate of drug-likeness (QED) is 0.452. The molecule has 2 fully saturated rings. The second kappa shape index (κ2) is 8.05. The van der Waals surface area contributed by atoms with Crippen molar-refractivity contribution in [1.82, 2.24) is 25.1 Å². The van der Waals surface area contributed by atoms with Gasteiger partial charge in [0.2, 0.25) is 0 Å². The van der Waals surface area contributed by atoms with Crippen molar-refractivity contribution in [2.75, 3.05) is 24.5 Å². The van der Waals surface area contributed by atoms with Gasteiger partial charge < -0.3 is 10.2 Å². The number of hydrogen-bond acceptors (Lipinski definition) is 5. The van der Waals surface area contributed by atoms with Gasteiger partial charge in [0.15, 0.2) is 5.82 Å². The molecule has 0 bridgehead atoms. The first-order valence-electron chi connectivity index (χ1n) is 11.0. The first-order chi connectivity index (χ1) is 16.5. The Morgan fingerprint density at radius 1 is 1.00 bits per heavy atom. The van der Waals surface area contributed by atoms with Crippen molar-refractivity contribution < 1.29 is 17.6 Å². The summed E-state index contributed by atoms with van der Waals surface area (Å²) in [5, 5.41) is 7.54. The van der Waals surface area contributed by atoms with E-state index in [4.69, 9.17) is 0 Å². The average Bonchev–Trinajstić information content (AvgIpc) is 3.40. The lowest BCUT2D eigenvalue weighted by Crippen LogP contribution is -2.43. The molecule has 6 nitrogen and oxygen atoms in total. The number of hydrogen-bond donors (Lipinski definition) is 1. The van der Waals surface area contributed by atoms with Crippen molar-refractivity contribution in [3.05, 3.63) is 71.9 Å². The van der Waals surface area contributed by atoms with E-state index in [2.05, 4.69) is 20.4 Å². The lowest BCUT2D eigenvalue weighted by Gasteiger charge is -2.27. The third-order valence-corrected chi connectivity index (χ3v) is 6.54. The molecule has 174 valence electrons. The van der Waals surface area contributed by atoms with Crippen LogP contribution in [0.4, 0.5) is 23.4 Å². The molecule has 1 aromatic carbocycles. The fourth-order valence-corrected chi connectivity index (χ4v) is 4.70. The minimum atomic E-state index is -1.25. The molecule has 0 spiro atoms. The van der Waals surface area contributed by atoms with E-state index in [1.165, 1.54) is 0 Å². The van der Waals surface area contributed by atoms with Gasteiger partial charge in [0.1, 0.15) is 29.1 Å². The Morgan fingerprint density at radius 3 is 2.65 bits per heavy atom. The molecule has 0 saturated carbocycles. The van der Waals surface area contributed by atoms with Crippen LogP contribution in [0.25, 0.3) is 22.2 Å². The molecule has 5 heterocycles. The van der Waals surface area contributed by atoms with E-state index < -0.39 is 29.7 Å². The predicted molar refractivity (Wildman–Crippen MR) is 119 cm³/mol. The summed E-state index contributed by atoms with van der Waals surface area (Å²) < 4.78 is 59.7. The van der Waals surface area contributed by atoms with Gasteiger partial charge >= 0.3 is 0 Å². The Kier molecular flexibility index (Phi) is 4.98. The maximum absolute atomic E-state index is 15.0. The number of nitrogens with zero attached hydrogens (tertiary/aromatic N) is 5. The van der Waals surface area contributed by atoms with Gasteiger partial charge in [0, 0.05) is 36.8 Å². The zero-order chi connectivity index (χ0) is 23.4. The van der Waals surface area contributed by atoms with Crippen LogP contribution in [-0.2, 0) is 0 Å². The van der Waals surface area contributed by atoms with Crippen LogP contribution in [0.15, 0.2) is 48.9 Å². The molecule has 2 atom stereocenters. The van der Waals surface area contributed by atoms with Crippen molar-refractivity contribution in [1.29, 1.82) is 0 Å². The number of rotatable bonds is 4. The minimum absolute atomic E-state index is 0.00343. The number of halogens is 4. The molecule has 34 heavy (non-hydrogen) atoms. The van der Waals surface area contributed by atoms with Gasteiger partial charge in [-0.3, -0.25) is 9.67 Å². The smallest absolute Gasteiger partial charge is 0.151 e. The van der Waals surface area contributed by atoms with Crippen LogP contribution in [0.2, 0.25) is 0 Å². The normalized spacial score (nSPS) is 20.8. The van der Waals surface area contributed by atoms with Crippen LogP contribution in [0.3, 0.4) is 0 Å². The van der Waals surface area contributed by atoms with Crippen molar-refractivity contribution in [2.45, 2.75) is 24.7 Å². The molecule has 0 unspecified atom stereocenters. The van der Waals surface area contributed by atoms with Crippen LogP contribution in [0.5, 0.6) is 0 Å². The largest absolute Gasteiger partial charge is 0.346 e. The monoisotopic (exact) mass is 468 g/mol. The van der Waals surface area contributed by atoms with Gasteiger partial charge in [0.05, 0.1) is 42.1 Å². The number of aromatic nitrogens is 4. The van der Waals surface area contributed by atoms with E-state index >= 15 is 4.39 Å². The minimum Gasteiger partial charge on any atom is -0.346 e. The summed E-state index contributed by atoms with van der Waals surface area (Å²) in [4.78, 5) is 10.4. The fraction of sp³-hybridized carbons (Fsp3) is 0.292. The molecule has 0 radical (unpaired) electrons. The summed E-state index contributed by atoms with van der Waals surface area (Å²) in [6, 6.07) is 5.93. The van der Waals surface area contributed by atoms with E-state index in [1.807, 2.05) is 0 Å². The van der Waals surface area contributed by atoms with E-state index in [1.54, 1.807) is 34.1 Å². The number of alkyl halides is 1. The van der Waals surface area contributed by atoms with E-state index in [9.17, 15) is 13.2 Å². The fourth-order valence-electron chi connectivity index (χ4n) is 4.70. The number of pyridine rings is 2. The highest BCUT2D eigenvalue weighted by molar-refractivity contribution is 5.92. The highest BCUT2D eigenvalue weighted by Crippen LogP contribution is 2.39. The molecule has 6 rings (SSSR count). The summed E-state index contributed by atoms with van der Waals surface area (Å²) in [7, 11) is 0. The van der Waals surface area contributed by atoms with Crippen LogP contribution in [0, 0.1) is 17.5 Å². The molecule has 0 amide bonds. The van der Waals surface area contributed by atoms with Crippen molar-refractivity contribution in [3.63, 3.8) is 0 Å². The Morgan fingerprint density at radius 2 is 1.85 bits per heavy atom. The Labute approximate surface area is 192 Å². The maximum atomic E-state index is 15.0. The third kappa shape index (κ3) is 3.49. The molecule has 2 saturated heterocycles. The van der Waals surface area contributed by atoms with Crippen LogP contribution < -0.4 is 10.2 Å². The number of benzene rings is 1. The molecule has 0 aliphatic carbocycles. The SMILES string of the molecule is Fc1ccc(F)c([C@H]2C[C@H](F)CN2c2ccc3ncc(F)c(-c4cnn(C5CNC5)c4)c3n2)c1. The first kappa shape index (κ1) is 21.0. The Bertz CT molecular complexity index is 1390. The summed E-state index contributed by atoms with van der Waals surface area (Å²) in [5.74, 6) is -1.43. The number of anilines is 1. The molecule has 4 aromatic rings. The lowest BCUT2D eigenvalue weighted by atomic mass is 10.0. The van der Waals surface area contributed by atoms with Gasteiger partial charge in [-0.05, 0) is 30.3 Å². The third-order valence-electron chi connectivity index (χ3n) is 6.54. The van der Waals surface area contributed by atoms with Gasteiger partial charge in [-0.25, -0.2) is 22.5 Å². The highest BCUT2D eigenvalue weighted by atomic mass is 19.1. The molecule has 3 aromatic heterocycles. The number of fused-ring (bicyclic) bond motifs is 1. The standard InChI is InChI=1S/C24H20F4N6/c25-14-1-2-18(27)17(5-14)21-6-15(26)12-33(21)22-4-3-20-24(32-22)23(19(28)10-30-20)13-7-31-34(11-13)16-8-29-9-16/h1-5,7,10-11,15-16,21,29H,6,8-9,12H2/t15-,21+/m0/s1. The van der Waals surface area contributed by atoms with Crippen molar-refractivity contribution in [3.8, 4) is 11.1 Å². The highest BCUT2D eigenvalue weighted by Gasteiger charge is 2.36. The molecule has 2 aliphatic rings. The lowest BCUT2D eigenvalue weighted by molar-refractivity contribution is 0.318. The summed E-state index contributed by atoms with van der Waals surface area (Å²) >= 11 is 0. The molecule has 10 heteroatoms. The zero-order valence-corrected chi connectivity index (χ0v) is 17.9. The second-order valence-corrected chi connectivity index (χ2v) is 8.71. The van der Waals surface area contributed by atoms with Crippen molar-refractivity contribution >= 4 is 16.9 Å². The molecule has 2 aliphatic heterocycles. The van der Waals surface area contributed by atoms with Crippen LogP contribution in [0.1, 0.15) is 24.1 Å². The van der Waals surface area contributed by atoms with E-state index in [-0.39, 0.29) is 30.1 Å². The second-order valence-electron chi connectivity index (χ2n) is 8.71. The van der Waals surface area contributed by atoms with Crippen LogP contribution in [-0.4, -0.2) is 45.6 Å². The van der Waals surface area contributed by atoms with E-state index in [0.29, 0.717) is 22.4 Å². The van der Waals surface area contributed by atoms with Gasteiger partial charge in [-0.1, -0.05) is 0 Å².